The standard InChI is InChI=1S/C47H55N9O6S/c57-46(53-63(60,61)37-24-41(56(58)59)45(52-29-37)50-27-31-6-2-1-3-7-31)40-13-12-34(23-43(40)62-36-22-33-14-17-49-44(33)51-28-36)54-19-15-47(16-20-54)25-35(26-47)55-21-18-48-30-42(55)39-9-5-4-8-38(39)32-10-11-32/h4-5,8-9,12-14,17,22-24,28-29,31-32,35,42,48H,1-3,6-7,10-11,15-16,18-21,25-27,30H2,(H,49,51)(H,50,52)(H,53,57)/t42-/m0/s1. The van der Waals surface area contributed by atoms with Crippen molar-refractivity contribution < 1.29 is 22.9 Å². The number of aromatic nitrogens is 3. The number of pyridine rings is 2. The minimum Gasteiger partial charge on any atom is -0.455 e. The Morgan fingerprint density at radius 2 is 1.73 bits per heavy atom. The van der Waals surface area contributed by atoms with Crippen molar-refractivity contribution in [3.8, 4) is 11.5 Å². The van der Waals surface area contributed by atoms with Gasteiger partial charge in [0.1, 0.15) is 22.0 Å². The molecule has 5 aliphatic rings. The van der Waals surface area contributed by atoms with E-state index in [1.165, 1.54) is 37.7 Å². The van der Waals surface area contributed by atoms with Crippen LogP contribution in [0.5, 0.6) is 11.5 Å². The van der Waals surface area contributed by atoms with Crippen LogP contribution < -0.4 is 25.0 Å². The van der Waals surface area contributed by atoms with Crippen molar-refractivity contribution >= 4 is 44.2 Å². The molecule has 0 bridgehead atoms. The molecule has 0 radical (unpaired) electrons. The third-order valence-electron chi connectivity index (χ3n) is 14.3. The number of hydrogen-bond acceptors (Lipinski definition) is 12. The summed E-state index contributed by atoms with van der Waals surface area (Å²) in [5, 5.41) is 19.6. The van der Waals surface area contributed by atoms with Crippen molar-refractivity contribution in [3.05, 3.63) is 106 Å². The number of piperidine rings is 1. The Balaban J connectivity index is 0.843. The van der Waals surface area contributed by atoms with E-state index in [0.29, 0.717) is 47.3 Å². The molecule has 5 heterocycles. The summed E-state index contributed by atoms with van der Waals surface area (Å²) in [7, 11) is -4.59. The maximum Gasteiger partial charge on any atom is 0.312 e. The van der Waals surface area contributed by atoms with Crippen molar-refractivity contribution in [2.45, 2.75) is 93.5 Å². The number of amides is 1. The molecule has 0 unspecified atom stereocenters. The van der Waals surface area contributed by atoms with Crippen LogP contribution in [0.3, 0.4) is 0 Å². The lowest BCUT2D eigenvalue weighted by molar-refractivity contribution is -0.384. The average molecular weight is 874 g/mol. The van der Waals surface area contributed by atoms with Gasteiger partial charge >= 0.3 is 5.69 Å². The van der Waals surface area contributed by atoms with Gasteiger partial charge in [-0.25, -0.2) is 23.1 Å². The fourth-order valence-corrected chi connectivity index (χ4v) is 11.6. The molecule has 2 saturated heterocycles. The number of benzene rings is 2. The smallest absolute Gasteiger partial charge is 0.312 e. The highest BCUT2D eigenvalue weighted by atomic mass is 32.2. The lowest BCUT2D eigenvalue weighted by Crippen LogP contribution is -2.59. The Labute approximate surface area is 367 Å². The molecule has 1 spiro atoms. The number of carbonyl (C=O) groups excluding carboxylic acids is 1. The monoisotopic (exact) mass is 873 g/mol. The Bertz CT molecular complexity index is 2610. The first kappa shape index (κ1) is 41.4. The van der Waals surface area contributed by atoms with Crippen LogP contribution in [-0.4, -0.2) is 84.4 Å². The summed E-state index contributed by atoms with van der Waals surface area (Å²) in [5.41, 5.74) is 4.38. The highest BCUT2D eigenvalue weighted by Crippen LogP contribution is 2.53. The molecule has 2 aliphatic heterocycles. The van der Waals surface area contributed by atoms with Crippen LogP contribution in [-0.2, 0) is 10.0 Å². The van der Waals surface area contributed by atoms with Gasteiger partial charge in [-0.2, -0.15) is 0 Å². The van der Waals surface area contributed by atoms with Gasteiger partial charge < -0.3 is 25.3 Å². The molecule has 3 aromatic heterocycles. The SMILES string of the molecule is O=C(NS(=O)(=O)c1cnc(NCC2CCCCC2)c([N+](=O)[O-])c1)c1ccc(N2CCC3(CC2)CC(N2CCNC[C@H]2c2ccccc2C2CC2)C3)cc1Oc1cnc2[nH]ccc2c1. The molecular weight excluding hydrogens is 819 g/mol. The summed E-state index contributed by atoms with van der Waals surface area (Å²) in [4.78, 5) is 41.6. The van der Waals surface area contributed by atoms with Gasteiger partial charge in [0.25, 0.3) is 15.9 Å². The fourth-order valence-electron chi connectivity index (χ4n) is 10.7. The first-order valence-corrected chi connectivity index (χ1v) is 24.1. The zero-order chi connectivity index (χ0) is 43.1. The lowest BCUT2D eigenvalue weighted by Gasteiger charge is -2.57. The second-order valence-electron chi connectivity index (χ2n) is 18.4. The number of nitrogens with zero attached hydrogens (tertiary/aromatic N) is 5. The second-order valence-corrected chi connectivity index (χ2v) is 20.1. The van der Waals surface area contributed by atoms with Gasteiger partial charge in [-0.3, -0.25) is 19.8 Å². The molecule has 1 atom stereocenters. The summed E-state index contributed by atoms with van der Waals surface area (Å²) in [6.07, 6.45) is 16.9. The number of H-pyrrole nitrogens is 1. The Morgan fingerprint density at radius 3 is 2.51 bits per heavy atom. The molecule has 330 valence electrons. The Hall–Kier alpha value is -5.58. The van der Waals surface area contributed by atoms with Crippen molar-refractivity contribution in [1.82, 2.24) is 29.9 Å². The van der Waals surface area contributed by atoms with E-state index < -0.39 is 31.4 Å². The van der Waals surface area contributed by atoms with Crippen LogP contribution in [0.4, 0.5) is 17.2 Å². The van der Waals surface area contributed by atoms with E-state index in [1.807, 2.05) is 12.1 Å². The largest absolute Gasteiger partial charge is 0.455 e. The number of nitro groups is 1. The van der Waals surface area contributed by atoms with Gasteiger partial charge in [0.15, 0.2) is 0 Å². The molecule has 15 nitrogen and oxygen atoms in total. The Morgan fingerprint density at radius 1 is 0.937 bits per heavy atom. The molecule has 1 amide bonds. The van der Waals surface area contributed by atoms with E-state index in [9.17, 15) is 23.3 Å². The molecule has 5 fully saturated rings. The van der Waals surface area contributed by atoms with Gasteiger partial charge in [-0.15, -0.1) is 0 Å². The lowest BCUT2D eigenvalue weighted by atomic mass is 9.59. The average Bonchev–Trinajstić information content (AvgIpc) is 4.04. The number of carbonyl (C=O) groups is 1. The van der Waals surface area contributed by atoms with Crippen molar-refractivity contribution in [3.63, 3.8) is 0 Å². The predicted octanol–water partition coefficient (Wildman–Crippen LogP) is 8.04. The third kappa shape index (κ3) is 8.72. The maximum absolute atomic E-state index is 13.9. The quantitative estimate of drug-likeness (QED) is 0.0660. The Kier molecular flexibility index (Phi) is 11.3. The van der Waals surface area contributed by atoms with Gasteiger partial charge in [-0.05, 0) is 104 Å². The van der Waals surface area contributed by atoms with Gasteiger partial charge in [-0.1, -0.05) is 43.5 Å². The highest BCUT2D eigenvalue weighted by molar-refractivity contribution is 7.90. The second kappa shape index (κ2) is 17.2. The van der Waals surface area contributed by atoms with Crippen LogP contribution in [0.2, 0.25) is 0 Å². The first-order chi connectivity index (χ1) is 30.6. The van der Waals surface area contributed by atoms with E-state index in [1.54, 1.807) is 36.2 Å². The topological polar surface area (TPSA) is 188 Å². The number of fused-ring (bicyclic) bond motifs is 1. The summed E-state index contributed by atoms with van der Waals surface area (Å²) >= 11 is 0. The van der Waals surface area contributed by atoms with Crippen molar-refractivity contribution in [1.29, 1.82) is 0 Å². The third-order valence-corrected chi connectivity index (χ3v) is 15.6. The summed E-state index contributed by atoms with van der Waals surface area (Å²) in [5.74, 6) is 0.659. The summed E-state index contributed by atoms with van der Waals surface area (Å²) in [6, 6.07) is 19.8. The van der Waals surface area contributed by atoms with E-state index in [0.717, 1.165) is 94.6 Å². The number of ether oxygens (including phenoxy) is 1. The van der Waals surface area contributed by atoms with E-state index in [-0.39, 0.29) is 17.1 Å². The number of anilines is 2. The molecule has 10 rings (SSSR count). The molecule has 16 heteroatoms. The minimum atomic E-state index is -4.59. The fraction of sp³-hybridized carbons (Fsp3) is 0.468. The van der Waals surface area contributed by atoms with Crippen LogP contribution in [0.25, 0.3) is 11.0 Å². The summed E-state index contributed by atoms with van der Waals surface area (Å²) < 4.78 is 35.8. The van der Waals surface area contributed by atoms with E-state index >= 15 is 0 Å². The first-order valence-electron chi connectivity index (χ1n) is 22.6. The number of aromatic amines is 1. The molecule has 3 saturated carbocycles. The summed E-state index contributed by atoms with van der Waals surface area (Å²) in [6.45, 7) is 5.27. The van der Waals surface area contributed by atoms with E-state index in [4.69, 9.17) is 4.74 Å². The number of piperazine rings is 1. The number of rotatable bonds is 13. The number of sulfonamides is 1. The maximum atomic E-state index is 13.9. The molecular formula is C47H55N9O6S. The van der Waals surface area contributed by atoms with Crippen molar-refractivity contribution in [2.75, 3.05) is 49.5 Å². The number of hydrogen-bond donors (Lipinski definition) is 4. The molecule has 3 aliphatic carbocycles. The van der Waals surface area contributed by atoms with E-state index in [2.05, 4.69) is 64.4 Å². The molecule has 5 aromatic rings. The molecule has 2 aromatic carbocycles. The van der Waals surface area contributed by atoms with Crippen LogP contribution in [0.15, 0.2) is 84.1 Å². The highest BCUT2D eigenvalue weighted by Gasteiger charge is 2.50. The van der Waals surface area contributed by atoms with Crippen LogP contribution in [0.1, 0.15) is 104 Å². The molecule has 4 N–H and O–H groups in total. The van der Waals surface area contributed by atoms with Gasteiger partial charge in [0.05, 0.1) is 22.9 Å². The zero-order valence-corrected chi connectivity index (χ0v) is 36.2. The van der Waals surface area contributed by atoms with Gasteiger partial charge in [0.2, 0.25) is 5.82 Å². The zero-order valence-electron chi connectivity index (χ0n) is 35.4. The normalized spacial score (nSPS) is 21.0. The predicted molar refractivity (Wildman–Crippen MR) is 241 cm³/mol. The van der Waals surface area contributed by atoms with Crippen LogP contribution in [0, 0.1) is 21.4 Å². The molecule has 63 heavy (non-hydrogen) atoms. The van der Waals surface area contributed by atoms with Gasteiger partial charge in [0, 0.05) is 80.8 Å². The number of nitrogens with one attached hydrogen (secondary N) is 4. The van der Waals surface area contributed by atoms with Crippen LogP contribution >= 0.6 is 0 Å². The minimum absolute atomic E-state index is 0.00521. The van der Waals surface area contributed by atoms with Crippen molar-refractivity contribution in [2.24, 2.45) is 11.3 Å².